The van der Waals surface area contributed by atoms with E-state index in [-0.39, 0.29) is 0 Å². The lowest BCUT2D eigenvalue weighted by Crippen LogP contribution is -2.10. The van der Waals surface area contributed by atoms with Crippen LogP contribution in [0.1, 0.15) is 129 Å². The Kier molecular flexibility index (Phi) is 21.9. The van der Waals surface area contributed by atoms with E-state index in [1.54, 1.807) is 0 Å². The van der Waals surface area contributed by atoms with Gasteiger partial charge in [0.05, 0.1) is 6.10 Å². The Bertz CT molecular complexity index is 230. The van der Waals surface area contributed by atoms with Crippen LogP contribution in [0.25, 0.3) is 0 Å². The van der Waals surface area contributed by atoms with Crippen molar-refractivity contribution in [2.24, 2.45) is 0 Å². The third kappa shape index (κ3) is 20.1. The Morgan fingerprint density at radius 3 is 1.28 bits per heavy atom. The Morgan fingerprint density at radius 2 is 0.920 bits per heavy atom. The van der Waals surface area contributed by atoms with Gasteiger partial charge in [0.15, 0.2) is 0 Å². The minimum absolute atomic E-state index is 0.364. The van der Waals surface area contributed by atoms with Crippen molar-refractivity contribution in [2.45, 2.75) is 135 Å². The molecule has 0 rings (SSSR count). The van der Waals surface area contributed by atoms with E-state index in [1.807, 2.05) is 7.11 Å². The van der Waals surface area contributed by atoms with E-state index in [1.165, 1.54) is 116 Å². The fourth-order valence-electron chi connectivity index (χ4n) is 3.61. The Hall–Kier alpha value is -0.0800. The summed E-state index contributed by atoms with van der Waals surface area (Å²) in [6, 6.07) is 0. The van der Waals surface area contributed by atoms with E-state index in [9.17, 15) is 0 Å². The molecule has 152 valence electrons. The number of ether oxygens (including phenoxy) is 1. The first kappa shape index (κ1) is 24.9. The first-order valence-corrected chi connectivity index (χ1v) is 11.5. The second-order valence-corrected chi connectivity index (χ2v) is 7.82. The van der Waals surface area contributed by atoms with Crippen LogP contribution in [0.4, 0.5) is 0 Å². The summed E-state index contributed by atoms with van der Waals surface area (Å²) in [4.78, 5) is 0. The molecule has 0 amide bonds. The van der Waals surface area contributed by atoms with Gasteiger partial charge in [-0.1, -0.05) is 110 Å². The van der Waals surface area contributed by atoms with Crippen molar-refractivity contribution in [3.05, 3.63) is 0 Å². The minimum atomic E-state index is 0.364. The zero-order chi connectivity index (χ0) is 18.4. The quantitative estimate of drug-likeness (QED) is 0.217. The molecule has 0 aliphatic carbocycles. The summed E-state index contributed by atoms with van der Waals surface area (Å²) in [5.41, 5.74) is 0. The maximum Gasteiger partial charge on any atom is 0.0571 e. The van der Waals surface area contributed by atoms with Crippen molar-refractivity contribution in [1.29, 1.82) is 0 Å². The molecule has 0 saturated carbocycles. The van der Waals surface area contributed by atoms with Gasteiger partial charge in [0.1, 0.15) is 0 Å². The monoisotopic (exact) mass is 356 g/mol. The molecule has 1 atom stereocenters. The Labute approximate surface area is 159 Å². The summed E-state index contributed by atoms with van der Waals surface area (Å²) in [7, 11) is 1.89. The smallest absolute Gasteiger partial charge is 0.0571 e. The molecule has 0 aromatic carbocycles. The molecule has 0 aromatic heterocycles. The van der Waals surface area contributed by atoms with Crippen molar-refractivity contribution in [2.75, 3.05) is 13.7 Å². The van der Waals surface area contributed by atoms with Gasteiger partial charge in [-0.05, 0) is 19.3 Å². The molecule has 0 saturated heterocycles. The predicted octanol–water partition coefficient (Wildman–Crippen LogP) is 7.43. The predicted molar refractivity (Wildman–Crippen MR) is 111 cm³/mol. The molecule has 0 heterocycles. The molecule has 0 bridgehead atoms. The van der Waals surface area contributed by atoms with Crippen LogP contribution in [0.15, 0.2) is 0 Å². The lowest BCUT2D eigenvalue weighted by atomic mass is 10.0. The van der Waals surface area contributed by atoms with Crippen LogP contribution in [0.5, 0.6) is 0 Å². The SMILES string of the molecule is CCCCCCCCC(CCCCCCCCCCCCCO)OC. The zero-order valence-electron chi connectivity index (χ0n) is 17.6. The summed E-state index contributed by atoms with van der Waals surface area (Å²) >= 11 is 0. The standard InChI is InChI=1S/C23H48O2/c1-3-4-5-6-14-17-20-23(25-2)21-18-15-12-10-8-7-9-11-13-16-19-22-24/h23-24H,3-22H2,1-2H3. The van der Waals surface area contributed by atoms with Gasteiger partial charge in [0.2, 0.25) is 0 Å². The van der Waals surface area contributed by atoms with Gasteiger partial charge in [0, 0.05) is 13.7 Å². The molecule has 0 spiro atoms. The molecule has 25 heavy (non-hydrogen) atoms. The van der Waals surface area contributed by atoms with Crippen LogP contribution < -0.4 is 0 Å². The highest BCUT2D eigenvalue weighted by molar-refractivity contribution is 4.59. The maximum atomic E-state index is 8.73. The molecule has 0 aromatic rings. The van der Waals surface area contributed by atoms with Crippen LogP contribution in [-0.2, 0) is 4.74 Å². The highest BCUT2D eigenvalue weighted by Gasteiger charge is 2.06. The largest absolute Gasteiger partial charge is 0.396 e. The van der Waals surface area contributed by atoms with Gasteiger partial charge in [-0.2, -0.15) is 0 Å². The van der Waals surface area contributed by atoms with Crippen LogP contribution in [0.3, 0.4) is 0 Å². The number of aliphatic hydroxyl groups is 1. The van der Waals surface area contributed by atoms with Crippen LogP contribution in [0, 0.1) is 0 Å². The molecular formula is C23H48O2. The van der Waals surface area contributed by atoms with E-state index in [4.69, 9.17) is 9.84 Å². The first-order chi connectivity index (χ1) is 12.3. The highest BCUT2D eigenvalue weighted by atomic mass is 16.5. The number of hydrogen-bond acceptors (Lipinski definition) is 2. The molecule has 2 heteroatoms. The summed E-state index contributed by atoms with van der Waals surface area (Å²) in [6.07, 6.45) is 25.9. The van der Waals surface area contributed by atoms with E-state index < -0.39 is 0 Å². The third-order valence-corrected chi connectivity index (χ3v) is 5.40. The average molecular weight is 357 g/mol. The molecule has 0 radical (unpaired) electrons. The second kappa shape index (κ2) is 22.0. The van der Waals surface area contributed by atoms with E-state index in [0.29, 0.717) is 12.7 Å². The van der Waals surface area contributed by atoms with Gasteiger partial charge in [-0.3, -0.25) is 0 Å². The van der Waals surface area contributed by atoms with Crippen LogP contribution >= 0.6 is 0 Å². The van der Waals surface area contributed by atoms with Gasteiger partial charge in [0.25, 0.3) is 0 Å². The molecule has 1 unspecified atom stereocenters. The topological polar surface area (TPSA) is 29.5 Å². The van der Waals surface area contributed by atoms with Crippen molar-refractivity contribution in [3.8, 4) is 0 Å². The highest BCUT2D eigenvalue weighted by Crippen LogP contribution is 2.16. The fourth-order valence-corrected chi connectivity index (χ4v) is 3.61. The Balaban J connectivity index is 3.24. The van der Waals surface area contributed by atoms with Crippen LogP contribution in [-0.4, -0.2) is 24.9 Å². The second-order valence-electron chi connectivity index (χ2n) is 7.82. The first-order valence-electron chi connectivity index (χ1n) is 11.5. The van der Waals surface area contributed by atoms with Crippen LogP contribution in [0.2, 0.25) is 0 Å². The van der Waals surface area contributed by atoms with Gasteiger partial charge >= 0.3 is 0 Å². The van der Waals surface area contributed by atoms with Gasteiger partial charge in [-0.15, -0.1) is 0 Å². The number of unbranched alkanes of at least 4 members (excludes halogenated alkanes) is 15. The summed E-state index contributed by atoms with van der Waals surface area (Å²) in [5.74, 6) is 0. The van der Waals surface area contributed by atoms with E-state index in [2.05, 4.69) is 6.92 Å². The van der Waals surface area contributed by atoms with Gasteiger partial charge in [-0.25, -0.2) is 0 Å². The Morgan fingerprint density at radius 1 is 0.560 bits per heavy atom. The van der Waals surface area contributed by atoms with E-state index >= 15 is 0 Å². The summed E-state index contributed by atoms with van der Waals surface area (Å²) in [6.45, 7) is 2.64. The third-order valence-electron chi connectivity index (χ3n) is 5.40. The lowest BCUT2D eigenvalue weighted by Gasteiger charge is -2.15. The summed E-state index contributed by atoms with van der Waals surface area (Å²) in [5, 5.41) is 8.73. The lowest BCUT2D eigenvalue weighted by molar-refractivity contribution is 0.0831. The number of methoxy groups -OCH3 is 1. The van der Waals surface area contributed by atoms with Crippen molar-refractivity contribution >= 4 is 0 Å². The zero-order valence-corrected chi connectivity index (χ0v) is 17.6. The van der Waals surface area contributed by atoms with Crippen molar-refractivity contribution in [3.63, 3.8) is 0 Å². The average Bonchev–Trinajstić information content (AvgIpc) is 2.63. The molecule has 0 aliphatic heterocycles. The molecule has 0 fully saturated rings. The van der Waals surface area contributed by atoms with Crippen molar-refractivity contribution < 1.29 is 9.84 Å². The molecule has 0 aliphatic rings. The maximum absolute atomic E-state index is 8.73. The minimum Gasteiger partial charge on any atom is -0.396 e. The van der Waals surface area contributed by atoms with E-state index in [0.717, 1.165) is 6.42 Å². The molecular weight excluding hydrogens is 308 g/mol. The number of hydrogen-bond donors (Lipinski definition) is 1. The fraction of sp³-hybridized carbons (Fsp3) is 1.00. The van der Waals surface area contributed by atoms with Gasteiger partial charge < -0.3 is 9.84 Å². The normalized spacial score (nSPS) is 12.6. The number of aliphatic hydroxyl groups excluding tert-OH is 1. The molecule has 2 nitrogen and oxygen atoms in total. The van der Waals surface area contributed by atoms with Crippen molar-refractivity contribution in [1.82, 2.24) is 0 Å². The molecule has 1 N–H and O–H groups in total. The number of rotatable bonds is 21. The summed E-state index contributed by atoms with van der Waals surface area (Å²) < 4.78 is 5.66.